The molecular formula is C32H34ClN5O5. The summed E-state index contributed by atoms with van der Waals surface area (Å²) in [5, 5.41) is 20.7. The van der Waals surface area contributed by atoms with E-state index in [2.05, 4.69) is 26.9 Å². The van der Waals surface area contributed by atoms with Gasteiger partial charge in [0.15, 0.2) is 6.61 Å². The number of halogens is 1. The number of carbonyl (C=O) groups excluding carboxylic acids is 2. The van der Waals surface area contributed by atoms with Crippen LogP contribution < -0.4 is 20.2 Å². The van der Waals surface area contributed by atoms with Crippen molar-refractivity contribution >= 4 is 50.9 Å². The molecule has 6 rings (SSSR count). The molecule has 3 aromatic carbocycles. The van der Waals surface area contributed by atoms with E-state index in [1.54, 1.807) is 17.0 Å². The first kappa shape index (κ1) is 29.0. The van der Waals surface area contributed by atoms with Crippen molar-refractivity contribution < 1.29 is 24.2 Å². The molecule has 43 heavy (non-hydrogen) atoms. The van der Waals surface area contributed by atoms with Gasteiger partial charge in [-0.25, -0.2) is 5.43 Å². The van der Waals surface area contributed by atoms with E-state index in [4.69, 9.17) is 21.1 Å². The molecule has 4 aromatic rings. The quantitative estimate of drug-likeness (QED) is 0.217. The minimum absolute atomic E-state index is 0.0988. The molecule has 0 radical (unpaired) electrons. The van der Waals surface area contributed by atoms with Crippen LogP contribution in [0.1, 0.15) is 31.2 Å². The Morgan fingerprint density at radius 1 is 1.05 bits per heavy atom. The van der Waals surface area contributed by atoms with E-state index in [0.29, 0.717) is 49.0 Å². The normalized spacial score (nSPS) is 16.7. The van der Waals surface area contributed by atoms with Crippen LogP contribution in [0.25, 0.3) is 21.8 Å². The molecule has 1 aromatic heterocycles. The zero-order valence-electron chi connectivity index (χ0n) is 23.6. The fraction of sp³-hybridized carbons (Fsp3) is 0.344. The zero-order valence-corrected chi connectivity index (χ0v) is 24.4. The number of aliphatic hydroxyl groups excluding tert-OH is 1. The van der Waals surface area contributed by atoms with Crippen LogP contribution >= 0.6 is 11.6 Å². The summed E-state index contributed by atoms with van der Waals surface area (Å²) in [7, 11) is 0. The molecule has 224 valence electrons. The lowest BCUT2D eigenvalue weighted by Gasteiger charge is -2.33. The molecule has 0 spiro atoms. The van der Waals surface area contributed by atoms with Crippen molar-refractivity contribution in [2.45, 2.75) is 37.8 Å². The summed E-state index contributed by atoms with van der Waals surface area (Å²) in [5.74, 6) is 0.927. The number of fused-ring (bicyclic) bond motifs is 3. The van der Waals surface area contributed by atoms with E-state index < -0.39 is 6.10 Å². The lowest BCUT2D eigenvalue weighted by atomic mass is 10.0. The molecule has 2 aliphatic heterocycles. The van der Waals surface area contributed by atoms with Gasteiger partial charge in [-0.2, -0.15) is 5.10 Å². The van der Waals surface area contributed by atoms with Gasteiger partial charge in [-0.15, -0.1) is 0 Å². The first-order chi connectivity index (χ1) is 20.9. The van der Waals surface area contributed by atoms with Gasteiger partial charge in [0.1, 0.15) is 24.2 Å². The van der Waals surface area contributed by atoms with Gasteiger partial charge in [0.2, 0.25) is 5.91 Å². The van der Waals surface area contributed by atoms with E-state index in [1.807, 2.05) is 42.5 Å². The van der Waals surface area contributed by atoms with Gasteiger partial charge < -0.3 is 29.8 Å². The third kappa shape index (κ3) is 6.93. The second-order valence-electron chi connectivity index (χ2n) is 10.9. The molecule has 1 fully saturated rings. The van der Waals surface area contributed by atoms with Gasteiger partial charge in [0.05, 0.1) is 16.3 Å². The number of aromatic nitrogens is 1. The highest BCUT2D eigenvalue weighted by molar-refractivity contribution is 6.32. The van der Waals surface area contributed by atoms with Crippen LogP contribution in [0.3, 0.4) is 0 Å². The molecule has 4 N–H and O–H groups in total. The van der Waals surface area contributed by atoms with Gasteiger partial charge in [-0.05, 0) is 54.8 Å². The number of aromatic amines is 1. The maximum atomic E-state index is 12.8. The van der Waals surface area contributed by atoms with Crippen LogP contribution in [0.15, 0.2) is 65.8 Å². The first-order valence-corrected chi connectivity index (χ1v) is 14.9. The number of piperidine rings is 1. The number of amides is 2. The highest BCUT2D eigenvalue weighted by Crippen LogP contribution is 2.29. The Morgan fingerprint density at radius 3 is 2.65 bits per heavy atom. The number of H-pyrrole nitrogens is 1. The number of aliphatic hydroxyl groups is 1. The Kier molecular flexibility index (Phi) is 8.78. The van der Waals surface area contributed by atoms with E-state index in [-0.39, 0.29) is 31.1 Å². The van der Waals surface area contributed by atoms with E-state index in [0.717, 1.165) is 40.5 Å². The number of likely N-dealkylation sites (tertiary alicyclic amines) is 1. The Labute approximate surface area is 254 Å². The number of benzene rings is 3. The second-order valence-corrected chi connectivity index (χ2v) is 11.3. The number of nitrogens with zero attached hydrogens (tertiary/aromatic N) is 2. The Morgan fingerprint density at radius 2 is 1.86 bits per heavy atom. The second kappa shape index (κ2) is 13.0. The number of hydrazone groups is 1. The summed E-state index contributed by atoms with van der Waals surface area (Å²) in [6, 6.07) is 19.6. The molecule has 3 heterocycles. The number of rotatable bonds is 10. The summed E-state index contributed by atoms with van der Waals surface area (Å²) in [4.78, 5) is 29.3. The molecule has 1 unspecified atom stereocenters. The van der Waals surface area contributed by atoms with Crippen molar-refractivity contribution in [1.29, 1.82) is 0 Å². The monoisotopic (exact) mass is 603 g/mol. The van der Waals surface area contributed by atoms with Crippen LogP contribution in [-0.4, -0.2) is 77.5 Å². The predicted octanol–water partition coefficient (Wildman–Crippen LogP) is 3.99. The van der Waals surface area contributed by atoms with Gasteiger partial charge in [-0.3, -0.25) is 9.59 Å². The van der Waals surface area contributed by atoms with Crippen LogP contribution in [0.5, 0.6) is 11.5 Å². The SMILES string of the molecule is O=C1CCC(c2ccc(OCC(=O)N3CCC(NCC(O)COc4ccc5c(c4)[nH]c4ccccc45)CC3)c(Cl)c2)=NN1. The number of hydrogen-bond acceptors (Lipinski definition) is 7. The highest BCUT2D eigenvalue weighted by Gasteiger charge is 2.24. The maximum absolute atomic E-state index is 12.8. The van der Waals surface area contributed by atoms with Crippen LogP contribution in [0.4, 0.5) is 0 Å². The smallest absolute Gasteiger partial charge is 0.260 e. The van der Waals surface area contributed by atoms with Crippen molar-refractivity contribution in [1.82, 2.24) is 20.6 Å². The lowest BCUT2D eigenvalue weighted by Crippen LogP contribution is -2.48. The summed E-state index contributed by atoms with van der Waals surface area (Å²) in [6.45, 7) is 1.70. The molecule has 2 aliphatic rings. The Hall–Kier alpha value is -4.12. The molecular weight excluding hydrogens is 570 g/mol. The van der Waals surface area contributed by atoms with E-state index >= 15 is 0 Å². The summed E-state index contributed by atoms with van der Waals surface area (Å²) in [6.07, 6.45) is 1.83. The average Bonchev–Trinajstić information content (AvgIpc) is 3.40. The molecule has 0 saturated carbocycles. The summed E-state index contributed by atoms with van der Waals surface area (Å²) < 4.78 is 11.6. The number of hydrogen-bond donors (Lipinski definition) is 4. The number of para-hydroxylation sites is 1. The molecule has 0 bridgehead atoms. The fourth-order valence-electron chi connectivity index (χ4n) is 5.52. The van der Waals surface area contributed by atoms with Gasteiger partial charge >= 0.3 is 0 Å². The number of ether oxygens (including phenoxy) is 2. The molecule has 1 atom stereocenters. The van der Waals surface area contributed by atoms with Gasteiger partial charge in [0.25, 0.3) is 5.91 Å². The highest BCUT2D eigenvalue weighted by atomic mass is 35.5. The minimum atomic E-state index is -0.661. The number of carbonyl (C=O) groups is 2. The summed E-state index contributed by atoms with van der Waals surface area (Å²) in [5.41, 5.74) is 6.12. The maximum Gasteiger partial charge on any atom is 0.260 e. The van der Waals surface area contributed by atoms with E-state index in [9.17, 15) is 14.7 Å². The Bertz CT molecular complexity index is 1660. The summed E-state index contributed by atoms with van der Waals surface area (Å²) >= 11 is 6.39. The average molecular weight is 604 g/mol. The van der Waals surface area contributed by atoms with Crippen molar-refractivity contribution in [2.75, 3.05) is 32.8 Å². The minimum Gasteiger partial charge on any atom is -0.491 e. The third-order valence-electron chi connectivity index (χ3n) is 7.93. The predicted molar refractivity (Wildman–Crippen MR) is 166 cm³/mol. The topological polar surface area (TPSA) is 128 Å². The van der Waals surface area contributed by atoms with E-state index in [1.165, 1.54) is 5.39 Å². The van der Waals surface area contributed by atoms with Crippen LogP contribution in [-0.2, 0) is 9.59 Å². The van der Waals surface area contributed by atoms with Gasteiger partial charge in [0, 0.05) is 60.9 Å². The van der Waals surface area contributed by atoms with Crippen molar-refractivity contribution in [3.05, 3.63) is 71.2 Å². The largest absolute Gasteiger partial charge is 0.491 e. The first-order valence-electron chi connectivity index (χ1n) is 14.5. The van der Waals surface area contributed by atoms with Crippen LogP contribution in [0.2, 0.25) is 5.02 Å². The molecule has 0 aliphatic carbocycles. The van der Waals surface area contributed by atoms with Crippen molar-refractivity contribution in [3.63, 3.8) is 0 Å². The number of nitrogens with one attached hydrogen (secondary N) is 3. The molecule has 2 amide bonds. The zero-order chi connectivity index (χ0) is 29.8. The van der Waals surface area contributed by atoms with Gasteiger partial charge in [-0.1, -0.05) is 29.8 Å². The van der Waals surface area contributed by atoms with Crippen LogP contribution in [0, 0.1) is 0 Å². The third-order valence-corrected chi connectivity index (χ3v) is 8.23. The van der Waals surface area contributed by atoms with Crippen molar-refractivity contribution in [2.24, 2.45) is 5.10 Å². The Balaban J connectivity index is 0.904. The standard InChI is InChI=1S/C32H34ClN5O5/c33-26-15-20(27-8-10-31(40)37-36-27)5-9-30(26)43-19-32(41)38-13-11-21(12-14-38)34-17-22(39)18-42-23-6-7-25-24-3-1-2-4-28(24)35-29(25)16-23/h1-7,9,15-16,21-22,34-35,39H,8,10-14,17-19H2,(H,37,40). The molecule has 10 nitrogen and oxygen atoms in total. The molecule has 11 heteroatoms. The fourth-order valence-corrected chi connectivity index (χ4v) is 5.76. The van der Waals surface area contributed by atoms with Crippen molar-refractivity contribution in [3.8, 4) is 11.5 Å². The molecule has 1 saturated heterocycles. The lowest BCUT2D eigenvalue weighted by molar-refractivity contribution is -0.134.